The Hall–Kier alpha value is -1.31. The molecule has 0 amide bonds. The molecule has 0 aliphatic heterocycles. The van der Waals surface area contributed by atoms with E-state index in [9.17, 15) is 22.4 Å². The van der Waals surface area contributed by atoms with Crippen molar-refractivity contribution in [2.45, 2.75) is 19.2 Å². The number of halogens is 5. The van der Waals surface area contributed by atoms with Gasteiger partial charge in [-0.2, -0.15) is 13.2 Å². The molecule has 0 unspecified atom stereocenters. The van der Waals surface area contributed by atoms with Gasteiger partial charge >= 0.3 is 12.1 Å². The van der Waals surface area contributed by atoms with Crippen LogP contribution in [-0.2, 0) is 0 Å². The predicted octanol–water partition coefficient (Wildman–Crippen LogP) is 3.62. The second kappa shape index (κ2) is 5.13. The van der Waals surface area contributed by atoms with Crippen LogP contribution in [-0.4, -0.2) is 23.4 Å². The minimum Gasteiger partial charge on any atom is -0.478 e. The van der Waals surface area contributed by atoms with E-state index < -0.39 is 35.4 Å². The molecule has 0 aromatic heterocycles. The molecule has 8 heteroatoms. The van der Waals surface area contributed by atoms with Gasteiger partial charge in [0, 0.05) is 0 Å². The molecule has 0 aliphatic carbocycles. The van der Waals surface area contributed by atoms with Crippen LogP contribution in [0.15, 0.2) is 16.6 Å². The van der Waals surface area contributed by atoms with Gasteiger partial charge in [-0.05, 0) is 35.0 Å². The molecular weight excluding hydrogens is 324 g/mol. The predicted molar refractivity (Wildman–Crippen MR) is 57.2 cm³/mol. The van der Waals surface area contributed by atoms with E-state index in [0.29, 0.717) is 6.92 Å². The van der Waals surface area contributed by atoms with Crippen molar-refractivity contribution in [3.8, 4) is 5.75 Å². The number of carboxylic acids is 1. The smallest absolute Gasteiger partial charge is 0.425 e. The van der Waals surface area contributed by atoms with E-state index in [1.54, 1.807) is 0 Å². The highest BCUT2D eigenvalue weighted by Gasteiger charge is 2.39. The molecule has 18 heavy (non-hydrogen) atoms. The lowest BCUT2D eigenvalue weighted by atomic mass is 10.2. The van der Waals surface area contributed by atoms with Gasteiger partial charge in [0.25, 0.3) is 0 Å². The molecule has 0 saturated carbocycles. The lowest BCUT2D eigenvalue weighted by Crippen LogP contribution is -2.32. The summed E-state index contributed by atoms with van der Waals surface area (Å²) in [5.74, 6) is -3.71. The highest BCUT2D eigenvalue weighted by Crippen LogP contribution is 2.33. The third-order valence-corrected chi connectivity index (χ3v) is 2.65. The molecule has 1 aromatic rings. The van der Waals surface area contributed by atoms with Gasteiger partial charge in [0.2, 0.25) is 0 Å². The third kappa shape index (κ3) is 3.12. The van der Waals surface area contributed by atoms with Crippen molar-refractivity contribution in [1.29, 1.82) is 0 Å². The average molecular weight is 331 g/mol. The summed E-state index contributed by atoms with van der Waals surface area (Å²) in [5, 5.41) is 8.75. The van der Waals surface area contributed by atoms with E-state index in [1.165, 1.54) is 0 Å². The molecule has 0 heterocycles. The summed E-state index contributed by atoms with van der Waals surface area (Å²) in [6, 6.07) is 2.03. The Morgan fingerprint density at radius 3 is 2.44 bits per heavy atom. The zero-order valence-corrected chi connectivity index (χ0v) is 10.5. The molecule has 0 spiro atoms. The van der Waals surface area contributed by atoms with Crippen LogP contribution in [0.3, 0.4) is 0 Å². The van der Waals surface area contributed by atoms with E-state index in [1.807, 2.05) is 0 Å². The number of hydrogen-bond acceptors (Lipinski definition) is 2. The maximum atomic E-state index is 13.6. The monoisotopic (exact) mass is 330 g/mol. The summed E-state index contributed by atoms with van der Waals surface area (Å²) >= 11 is 2.74. The molecule has 100 valence electrons. The number of ether oxygens (including phenoxy) is 1. The van der Waals surface area contributed by atoms with Crippen LogP contribution in [0.4, 0.5) is 17.6 Å². The fourth-order valence-corrected chi connectivity index (χ4v) is 1.37. The lowest BCUT2D eigenvalue weighted by Gasteiger charge is -2.19. The molecular formula is C10H7BrF4O3. The van der Waals surface area contributed by atoms with E-state index >= 15 is 0 Å². The average Bonchev–Trinajstić information content (AvgIpc) is 2.23. The number of carboxylic acid groups (broad SMARTS) is 1. The SMILES string of the molecule is C[C@H](Oc1c(C(=O)O)ccc(Br)c1F)C(F)(F)F. The van der Waals surface area contributed by atoms with Crippen molar-refractivity contribution in [2.24, 2.45) is 0 Å². The Morgan fingerprint density at radius 2 is 2.00 bits per heavy atom. The molecule has 0 saturated heterocycles. The molecule has 0 fully saturated rings. The Kier molecular flexibility index (Phi) is 4.20. The molecule has 3 nitrogen and oxygen atoms in total. The van der Waals surface area contributed by atoms with Gasteiger partial charge in [-0.3, -0.25) is 0 Å². The molecule has 1 atom stereocenters. The van der Waals surface area contributed by atoms with Crippen molar-refractivity contribution in [1.82, 2.24) is 0 Å². The van der Waals surface area contributed by atoms with Crippen LogP contribution in [0.1, 0.15) is 17.3 Å². The van der Waals surface area contributed by atoms with Crippen molar-refractivity contribution < 1.29 is 32.2 Å². The van der Waals surface area contributed by atoms with Crippen LogP contribution < -0.4 is 4.74 Å². The molecule has 1 N–H and O–H groups in total. The molecule has 0 bridgehead atoms. The van der Waals surface area contributed by atoms with E-state index in [4.69, 9.17) is 5.11 Å². The number of rotatable bonds is 3. The second-order valence-corrected chi connectivity index (χ2v) is 4.20. The van der Waals surface area contributed by atoms with Gasteiger partial charge in [-0.1, -0.05) is 0 Å². The topological polar surface area (TPSA) is 46.5 Å². The highest BCUT2D eigenvalue weighted by atomic mass is 79.9. The number of alkyl halides is 3. The first kappa shape index (κ1) is 14.7. The van der Waals surface area contributed by atoms with Gasteiger partial charge in [-0.15, -0.1) is 0 Å². The fraction of sp³-hybridized carbons (Fsp3) is 0.300. The molecule has 0 radical (unpaired) electrons. The second-order valence-electron chi connectivity index (χ2n) is 3.34. The van der Waals surface area contributed by atoms with Crippen molar-refractivity contribution in [3.63, 3.8) is 0 Å². The number of benzene rings is 1. The standard InChI is InChI=1S/C10H7BrF4O3/c1-4(10(13,14)15)18-8-5(9(16)17)2-3-6(11)7(8)12/h2-4H,1H3,(H,16,17)/t4-/m0/s1. The maximum Gasteiger partial charge on any atom is 0.425 e. The van der Waals surface area contributed by atoms with Crippen LogP contribution >= 0.6 is 15.9 Å². The first-order valence-electron chi connectivity index (χ1n) is 4.59. The molecule has 0 aliphatic rings. The normalized spacial score (nSPS) is 13.2. The van der Waals surface area contributed by atoms with E-state index in [2.05, 4.69) is 20.7 Å². The van der Waals surface area contributed by atoms with Gasteiger partial charge in [0.05, 0.1) is 4.47 Å². The Bertz CT molecular complexity index is 473. The maximum absolute atomic E-state index is 13.6. The van der Waals surface area contributed by atoms with E-state index in [0.717, 1.165) is 12.1 Å². The largest absolute Gasteiger partial charge is 0.478 e. The summed E-state index contributed by atoms with van der Waals surface area (Å²) in [5.41, 5.74) is -0.674. The summed E-state index contributed by atoms with van der Waals surface area (Å²) in [4.78, 5) is 10.8. The zero-order valence-electron chi connectivity index (χ0n) is 8.89. The van der Waals surface area contributed by atoms with Crippen molar-refractivity contribution >= 4 is 21.9 Å². The first-order valence-corrected chi connectivity index (χ1v) is 5.38. The first-order chi connectivity index (χ1) is 8.14. The quantitative estimate of drug-likeness (QED) is 0.861. The van der Waals surface area contributed by atoms with Gasteiger partial charge in [0.15, 0.2) is 17.7 Å². The van der Waals surface area contributed by atoms with Crippen LogP contribution in [0.2, 0.25) is 0 Å². The number of carbonyl (C=O) groups is 1. The summed E-state index contributed by atoms with van der Waals surface area (Å²) in [6.45, 7) is 0.659. The van der Waals surface area contributed by atoms with Gasteiger partial charge in [-0.25, -0.2) is 9.18 Å². The summed E-state index contributed by atoms with van der Waals surface area (Å²) in [7, 11) is 0. The minimum absolute atomic E-state index is 0.183. The lowest BCUT2D eigenvalue weighted by molar-refractivity contribution is -0.189. The Balaban J connectivity index is 3.22. The van der Waals surface area contributed by atoms with Crippen LogP contribution in [0.25, 0.3) is 0 Å². The van der Waals surface area contributed by atoms with Crippen LogP contribution in [0, 0.1) is 5.82 Å². The highest BCUT2D eigenvalue weighted by molar-refractivity contribution is 9.10. The molecule has 1 aromatic carbocycles. The number of hydrogen-bond donors (Lipinski definition) is 1. The van der Waals surface area contributed by atoms with Crippen LogP contribution in [0.5, 0.6) is 5.75 Å². The molecule has 1 rings (SSSR count). The van der Waals surface area contributed by atoms with Crippen molar-refractivity contribution in [3.05, 3.63) is 28.0 Å². The summed E-state index contributed by atoms with van der Waals surface area (Å²) < 4.78 is 54.6. The van der Waals surface area contributed by atoms with Gasteiger partial charge < -0.3 is 9.84 Å². The minimum atomic E-state index is -4.72. The third-order valence-electron chi connectivity index (χ3n) is 2.04. The number of aromatic carboxylic acids is 1. The Labute approximate surface area is 107 Å². The van der Waals surface area contributed by atoms with E-state index in [-0.39, 0.29) is 4.47 Å². The fourth-order valence-electron chi connectivity index (χ4n) is 1.06. The zero-order chi connectivity index (χ0) is 14.1. The summed E-state index contributed by atoms with van der Waals surface area (Å²) in [6.07, 6.45) is -7.04. The van der Waals surface area contributed by atoms with Crippen molar-refractivity contribution in [2.75, 3.05) is 0 Å². The Morgan fingerprint density at radius 1 is 1.44 bits per heavy atom. The van der Waals surface area contributed by atoms with Gasteiger partial charge in [0.1, 0.15) is 5.56 Å².